The Balaban J connectivity index is 2.61. The Morgan fingerprint density at radius 2 is 2.47 bits per heavy atom. The van der Waals surface area contributed by atoms with Gasteiger partial charge in [-0.25, -0.2) is 4.98 Å². The normalized spacial score (nSPS) is 12.5. The van der Waals surface area contributed by atoms with Gasteiger partial charge in [0, 0.05) is 18.9 Å². The fourth-order valence-corrected chi connectivity index (χ4v) is 1.32. The van der Waals surface area contributed by atoms with Gasteiger partial charge in [-0.2, -0.15) is 0 Å². The molecule has 0 aromatic carbocycles. The Labute approximate surface area is 89.4 Å². The average Bonchev–Trinajstić information content (AvgIpc) is 2.61. The Morgan fingerprint density at radius 3 is 2.93 bits per heavy atom. The van der Waals surface area contributed by atoms with Crippen LogP contribution in [0.15, 0.2) is 12.4 Å². The molecule has 15 heavy (non-hydrogen) atoms. The van der Waals surface area contributed by atoms with Crippen LogP contribution in [-0.2, 0) is 16.1 Å². The summed E-state index contributed by atoms with van der Waals surface area (Å²) in [6, 6.07) is -0.321. The minimum atomic E-state index is -0.321. The molecule has 1 atom stereocenters. The lowest BCUT2D eigenvalue weighted by molar-refractivity contribution is -0.145. The van der Waals surface area contributed by atoms with Crippen molar-refractivity contribution >= 4 is 5.97 Å². The molecule has 0 aliphatic rings. The molecule has 1 heterocycles. The van der Waals surface area contributed by atoms with E-state index in [1.807, 2.05) is 17.7 Å². The average molecular weight is 211 g/mol. The Kier molecular flexibility index (Phi) is 4.30. The minimum absolute atomic E-state index is 0.229. The van der Waals surface area contributed by atoms with Crippen molar-refractivity contribution in [2.24, 2.45) is 0 Å². The van der Waals surface area contributed by atoms with E-state index in [1.54, 1.807) is 20.2 Å². The molecule has 1 aromatic heterocycles. The number of carbonyl (C=O) groups excluding carboxylic acids is 1. The van der Waals surface area contributed by atoms with Gasteiger partial charge < -0.3 is 14.6 Å². The van der Waals surface area contributed by atoms with Gasteiger partial charge in [0.05, 0.1) is 6.61 Å². The zero-order valence-electron chi connectivity index (χ0n) is 9.36. The molecule has 0 saturated heterocycles. The second-order valence-corrected chi connectivity index (χ2v) is 3.22. The first-order valence-corrected chi connectivity index (χ1v) is 5.00. The topological polar surface area (TPSA) is 56.2 Å². The van der Waals surface area contributed by atoms with Gasteiger partial charge in [-0.3, -0.25) is 4.79 Å². The van der Waals surface area contributed by atoms with Crippen LogP contribution in [0.1, 0.15) is 12.7 Å². The molecule has 0 spiro atoms. The lowest BCUT2D eigenvalue weighted by atomic mass is 10.3. The molecule has 84 valence electrons. The molecule has 0 bridgehead atoms. The third-order valence-electron chi connectivity index (χ3n) is 2.22. The van der Waals surface area contributed by atoms with Crippen LogP contribution in [-0.4, -0.2) is 35.2 Å². The van der Waals surface area contributed by atoms with Crippen molar-refractivity contribution in [1.82, 2.24) is 14.9 Å². The molecule has 0 aliphatic carbocycles. The van der Waals surface area contributed by atoms with Crippen molar-refractivity contribution in [2.75, 3.05) is 13.7 Å². The quantitative estimate of drug-likeness (QED) is 0.714. The van der Waals surface area contributed by atoms with E-state index in [-0.39, 0.29) is 12.0 Å². The Bertz CT molecular complexity index is 322. The predicted molar refractivity (Wildman–Crippen MR) is 56.4 cm³/mol. The standard InChI is InChI=1S/C10H17N3O2/c1-4-15-10(14)9(11-3)7-13-6-5-12-8(13)2/h5-6,9,11H,4,7H2,1-3H3. The van der Waals surface area contributed by atoms with Gasteiger partial charge in [0.25, 0.3) is 0 Å². The minimum Gasteiger partial charge on any atom is -0.465 e. The van der Waals surface area contributed by atoms with Crippen LogP contribution in [0.3, 0.4) is 0 Å². The molecule has 1 N–H and O–H groups in total. The molecule has 0 amide bonds. The van der Waals surface area contributed by atoms with E-state index < -0.39 is 0 Å². The van der Waals surface area contributed by atoms with E-state index in [0.29, 0.717) is 13.2 Å². The molecule has 0 fully saturated rings. The van der Waals surface area contributed by atoms with Crippen molar-refractivity contribution in [3.05, 3.63) is 18.2 Å². The molecule has 0 radical (unpaired) electrons. The highest BCUT2D eigenvalue weighted by molar-refractivity contribution is 5.75. The summed E-state index contributed by atoms with van der Waals surface area (Å²) in [6.45, 7) is 4.64. The van der Waals surface area contributed by atoms with Crippen LogP contribution in [0.5, 0.6) is 0 Å². The lowest BCUT2D eigenvalue weighted by Crippen LogP contribution is -2.39. The number of nitrogens with one attached hydrogen (secondary N) is 1. The molecule has 0 aliphatic heterocycles. The number of rotatable bonds is 5. The largest absolute Gasteiger partial charge is 0.465 e. The van der Waals surface area contributed by atoms with Crippen LogP contribution in [0.25, 0.3) is 0 Å². The number of hydrogen-bond acceptors (Lipinski definition) is 4. The molecule has 1 aromatic rings. The van der Waals surface area contributed by atoms with Crippen LogP contribution < -0.4 is 5.32 Å². The van der Waals surface area contributed by atoms with Crippen LogP contribution in [0.2, 0.25) is 0 Å². The summed E-state index contributed by atoms with van der Waals surface area (Å²) >= 11 is 0. The highest BCUT2D eigenvalue weighted by atomic mass is 16.5. The van der Waals surface area contributed by atoms with E-state index in [2.05, 4.69) is 10.3 Å². The fraction of sp³-hybridized carbons (Fsp3) is 0.600. The zero-order chi connectivity index (χ0) is 11.3. The maximum Gasteiger partial charge on any atom is 0.324 e. The van der Waals surface area contributed by atoms with Crippen LogP contribution in [0.4, 0.5) is 0 Å². The summed E-state index contributed by atoms with van der Waals surface area (Å²) in [5.74, 6) is 0.660. The SMILES string of the molecule is CCOC(=O)C(Cn1ccnc1C)NC. The van der Waals surface area contributed by atoms with Crippen molar-refractivity contribution in [3.63, 3.8) is 0 Å². The first-order chi connectivity index (χ1) is 7.19. The van der Waals surface area contributed by atoms with E-state index in [0.717, 1.165) is 5.82 Å². The highest BCUT2D eigenvalue weighted by Crippen LogP contribution is 1.99. The smallest absolute Gasteiger partial charge is 0.324 e. The highest BCUT2D eigenvalue weighted by Gasteiger charge is 2.18. The van der Waals surface area contributed by atoms with Crippen LogP contribution >= 0.6 is 0 Å². The third-order valence-corrected chi connectivity index (χ3v) is 2.22. The van der Waals surface area contributed by atoms with Crippen molar-refractivity contribution in [1.29, 1.82) is 0 Å². The van der Waals surface area contributed by atoms with E-state index >= 15 is 0 Å². The number of nitrogens with zero attached hydrogens (tertiary/aromatic N) is 2. The number of esters is 1. The Hall–Kier alpha value is -1.36. The number of ether oxygens (including phenoxy) is 1. The summed E-state index contributed by atoms with van der Waals surface area (Å²) in [7, 11) is 1.74. The molecule has 1 unspecified atom stereocenters. The molecule has 5 nitrogen and oxygen atoms in total. The zero-order valence-corrected chi connectivity index (χ0v) is 9.36. The van der Waals surface area contributed by atoms with E-state index in [1.165, 1.54) is 0 Å². The summed E-state index contributed by atoms with van der Waals surface area (Å²) in [5, 5.41) is 2.93. The summed E-state index contributed by atoms with van der Waals surface area (Å²) in [5.41, 5.74) is 0. The predicted octanol–water partition coefficient (Wildman–Crippen LogP) is 0.343. The van der Waals surface area contributed by atoms with Crippen molar-refractivity contribution in [2.45, 2.75) is 26.4 Å². The summed E-state index contributed by atoms with van der Waals surface area (Å²) in [6.07, 6.45) is 3.56. The maximum atomic E-state index is 11.5. The van der Waals surface area contributed by atoms with Gasteiger partial charge in [0.1, 0.15) is 11.9 Å². The number of hydrogen-bond donors (Lipinski definition) is 1. The second-order valence-electron chi connectivity index (χ2n) is 3.22. The second kappa shape index (κ2) is 5.50. The third kappa shape index (κ3) is 3.06. The van der Waals surface area contributed by atoms with Gasteiger partial charge in [0.15, 0.2) is 0 Å². The van der Waals surface area contributed by atoms with Crippen molar-refractivity contribution in [3.8, 4) is 0 Å². The Morgan fingerprint density at radius 1 is 1.73 bits per heavy atom. The summed E-state index contributed by atoms with van der Waals surface area (Å²) < 4.78 is 6.86. The molecule has 1 rings (SSSR count). The molecular formula is C10H17N3O2. The van der Waals surface area contributed by atoms with Gasteiger partial charge in [0.2, 0.25) is 0 Å². The van der Waals surface area contributed by atoms with Gasteiger partial charge in [-0.15, -0.1) is 0 Å². The lowest BCUT2D eigenvalue weighted by Gasteiger charge is -2.15. The molecular weight excluding hydrogens is 194 g/mol. The number of aryl methyl sites for hydroxylation is 1. The van der Waals surface area contributed by atoms with Gasteiger partial charge >= 0.3 is 5.97 Å². The van der Waals surface area contributed by atoms with Crippen LogP contribution in [0, 0.1) is 6.92 Å². The van der Waals surface area contributed by atoms with Gasteiger partial charge in [-0.1, -0.05) is 0 Å². The van der Waals surface area contributed by atoms with Crippen molar-refractivity contribution < 1.29 is 9.53 Å². The number of carbonyl (C=O) groups is 1. The first-order valence-electron chi connectivity index (χ1n) is 5.00. The monoisotopic (exact) mass is 211 g/mol. The molecule has 0 saturated carbocycles. The fourth-order valence-electron chi connectivity index (χ4n) is 1.32. The number of likely N-dealkylation sites (N-methyl/N-ethyl adjacent to an activating group) is 1. The maximum absolute atomic E-state index is 11.5. The van der Waals surface area contributed by atoms with Gasteiger partial charge in [-0.05, 0) is 20.9 Å². The molecule has 5 heteroatoms. The van der Waals surface area contributed by atoms with E-state index in [4.69, 9.17) is 4.74 Å². The first kappa shape index (κ1) is 11.7. The number of aromatic nitrogens is 2. The van der Waals surface area contributed by atoms with E-state index in [9.17, 15) is 4.79 Å². The summed E-state index contributed by atoms with van der Waals surface area (Å²) in [4.78, 5) is 15.6. The number of imidazole rings is 1.